The summed E-state index contributed by atoms with van der Waals surface area (Å²) in [5.74, 6) is -0.0670. The Balaban J connectivity index is 1.73. The number of aromatic nitrogens is 5. The van der Waals surface area contributed by atoms with Crippen molar-refractivity contribution in [2.75, 3.05) is 10.6 Å². The normalized spacial score (nSPS) is 10.4. The van der Waals surface area contributed by atoms with E-state index in [-0.39, 0.29) is 11.4 Å². The number of nitrogens with zero attached hydrogens (tertiary/aromatic N) is 5. The molecule has 3 aromatic rings. The predicted octanol–water partition coefficient (Wildman–Crippen LogP) is 1.05. The summed E-state index contributed by atoms with van der Waals surface area (Å²) in [5.41, 5.74) is 0.239. The van der Waals surface area contributed by atoms with E-state index in [1.54, 1.807) is 54.1 Å². The summed E-state index contributed by atoms with van der Waals surface area (Å²) in [5, 5.41) is 13.4. The van der Waals surface area contributed by atoms with Crippen LogP contribution in [0.5, 0.6) is 0 Å². The quantitative estimate of drug-likeness (QED) is 0.746. The molecule has 0 aliphatic heterocycles. The molecule has 0 fully saturated rings. The van der Waals surface area contributed by atoms with Gasteiger partial charge in [-0.05, 0) is 12.1 Å². The highest BCUT2D eigenvalue weighted by Crippen LogP contribution is 2.08. The maximum Gasteiger partial charge on any atom is 0.275 e. The van der Waals surface area contributed by atoms with Crippen molar-refractivity contribution in [3.8, 4) is 0 Å². The molecule has 0 aromatic carbocycles. The molecule has 3 aromatic heterocycles. The summed E-state index contributed by atoms with van der Waals surface area (Å²) in [6.45, 7) is 0. The lowest BCUT2D eigenvalue weighted by molar-refractivity contribution is 0.101. The van der Waals surface area contributed by atoms with Crippen molar-refractivity contribution in [2.45, 2.75) is 0 Å². The molecule has 24 heavy (non-hydrogen) atoms. The first-order valence-corrected chi connectivity index (χ1v) is 7.10. The van der Waals surface area contributed by atoms with Gasteiger partial charge in [-0.3, -0.25) is 19.0 Å². The summed E-state index contributed by atoms with van der Waals surface area (Å²) in [6, 6.07) is 7.96. The summed E-state index contributed by atoms with van der Waals surface area (Å²) in [6.07, 6.45) is 3.42. The molecular formula is C15H15N7O2. The third kappa shape index (κ3) is 3.46. The number of nitrogens with one attached hydrogen (secondary N) is 2. The summed E-state index contributed by atoms with van der Waals surface area (Å²) in [4.78, 5) is 28.5. The zero-order chi connectivity index (χ0) is 17.1. The first kappa shape index (κ1) is 15.4. The van der Waals surface area contributed by atoms with Crippen LogP contribution >= 0.6 is 0 Å². The van der Waals surface area contributed by atoms with E-state index in [0.29, 0.717) is 11.6 Å². The van der Waals surface area contributed by atoms with E-state index in [4.69, 9.17) is 0 Å². The second kappa shape index (κ2) is 6.32. The van der Waals surface area contributed by atoms with Gasteiger partial charge < -0.3 is 10.6 Å². The number of rotatable bonds is 4. The van der Waals surface area contributed by atoms with Gasteiger partial charge in [-0.2, -0.15) is 10.2 Å². The third-order valence-electron chi connectivity index (χ3n) is 3.12. The van der Waals surface area contributed by atoms with Crippen LogP contribution in [0, 0.1) is 0 Å². The zero-order valence-electron chi connectivity index (χ0n) is 13.1. The summed E-state index contributed by atoms with van der Waals surface area (Å²) < 4.78 is 3.14. The zero-order valence-corrected chi connectivity index (χ0v) is 13.1. The molecule has 2 amide bonds. The Morgan fingerprint density at radius 1 is 0.833 bits per heavy atom. The fourth-order valence-electron chi connectivity index (χ4n) is 2.01. The fraction of sp³-hybridized carbons (Fsp3) is 0.133. The lowest BCUT2D eigenvalue weighted by atomic mass is 10.2. The number of pyridine rings is 1. The molecule has 3 rings (SSSR count). The van der Waals surface area contributed by atoms with Crippen LogP contribution in [0.2, 0.25) is 0 Å². The highest BCUT2D eigenvalue weighted by Gasteiger charge is 2.14. The van der Waals surface area contributed by atoms with Gasteiger partial charge in [0.2, 0.25) is 0 Å². The molecular weight excluding hydrogens is 310 g/mol. The Labute approximate surface area is 137 Å². The van der Waals surface area contributed by atoms with Crippen LogP contribution < -0.4 is 10.6 Å². The van der Waals surface area contributed by atoms with Crippen molar-refractivity contribution in [1.82, 2.24) is 24.5 Å². The highest BCUT2D eigenvalue weighted by atomic mass is 16.2. The van der Waals surface area contributed by atoms with Gasteiger partial charge in [-0.1, -0.05) is 6.07 Å². The minimum atomic E-state index is -0.443. The van der Waals surface area contributed by atoms with E-state index >= 15 is 0 Å². The average Bonchev–Trinajstić information content (AvgIpc) is 3.15. The van der Waals surface area contributed by atoms with Gasteiger partial charge in [-0.15, -0.1) is 0 Å². The average molecular weight is 325 g/mol. The molecule has 2 N–H and O–H groups in total. The molecule has 0 atom stereocenters. The van der Waals surface area contributed by atoms with Crippen LogP contribution in [-0.2, 0) is 14.1 Å². The number of carbonyl (C=O) groups excluding carboxylic acids is 2. The maximum absolute atomic E-state index is 12.2. The second-order valence-corrected chi connectivity index (χ2v) is 5.07. The van der Waals surface area contributed by atoms with Crippen LogP contribution in [0.3, 0.4) is 0 Å². The Kier molecular flexibility index (Phi) is 4.06. The molecule has 122 valence electrons. The number of hydrogen-bond acceptors (Lipinski definition) is 5. The molecule has 0 unspecified atom stereocenters. The largest absolute Gasteiger partial charge is 0.304 e. The minimum absolute atomic E-state index is 0.120. The van der Waals surface area contributed by atoms with Crippen molar-refractivity contribution in [2.24, 2.45) is 14.1 Å². The van der Waals surface area contributed by atoms with E-state index in [1.165, 1.54) is 12.1 Å². The van der Waals surface area contributed by atoms with Crippen molar-refractivity contribution in [3.05, 3.63) is 54.1 Å². The van der Waals surface area contributed by atoms with Crippen molar-refractivity contribution in [3.63, 3.8) is 0 Å². The molecule has 0 bridgehead atoms. The number of carbonyl (C=O) groups is 2. The standard InChI is InChI=1S/C15H15N7O2/c1-21-8-6-12(19-21)17-14(23)10-4-3-5-11(16-10)15(24)18-13-7-9-22(2)20-13/h3-9H,1-2H3,(H,17,19,23)(H,18,20,24). The van der Waals surface area contributed by atoms with Gasteiger partial charge in [0, 0.05) is 38.6 Å². The van der Waals surface area contributed by atoms with Gasteiger partial charge in [-0.25, -0.2) is 4.98 Å². The van der Waals surface area contributed by atoms with Crippen LogP contribution in [-0.4, -0.2) is 36.4 Å². The van der Waals surface area contributed by atoms with E-state index < -0.39 is 11.8 Å². The van der Waals surface area contributed by atoms with Crippen molar-refractivity contribution < 1.29 is 9.59 Å². The topological polar surface area (TPSA) is 107 Å². The van der Waals surface area contributed by atoms with E-state index in [2.05, 4.69) is 25.8 Å². The molecule has 0 saturated carbocycles. The molecule has 0 radical (unpaired) electrons. The lowest BCUT2D eigenvalue weighted by Crippen LogP contribution is -2.19. The molecule has 0 saturated heterocycles. The highest BCUT2D eigenvalue weighted by molar-refractivity contribution is 6.05. The van der Waals surface area contributed by atoms with Gasteiger partial charge in [0.25, 0.3) is 11.8 Å². The van der Waals surface area contributed by atoms with E-state index in [0.717, 1.165) is 0 Å². The first-order chi connectivity index (χ1) is 11.5. The van der Waals surface area contributed by atoms with E-state index in [9.17, 15) is 9.59 Å². The number of amides is 2. The van der Waals surface area contributed by atoms with Crippen molar-refractivity contribution >= 4 is 23.5 Å². The summed E-state index contributed by atoms with van der Waals surface area (Å²) >= 11 is 0. The van der Waals surface area contributed by atoms with Gasteiger partial charge >= 0.3 is 0 Å². The monoisotopic (exact) mass is 325 g/mol. The summed E-state index contributed by atoms with van der Waals surface area (Å²) in [7, 11) is 3.49. The smallest absolute Gasteiger partial charge is 0.275 e. The molecule has 0 aliphatic carbocycles. The Hall–Kier alpha value is -3.49. The maximum atomic E-state index is 12.2. The molecule has 0 spiro atoms. The van der Waals surface area contributed by atoms with Crippen LogP contribution in [0.4, 0.5) is 11.6 Å². The van der Waals surface area contributed by atoms with Gasteiger partial charge in [0.05, 0.1) is 0 Å². The minimum Gasteiger partial charge on any atom is -0.304 e. The number of anilines is 2. The van der Waals surface area contributed by atoms with Crippen LogP contribution in [0.15, 0.2) is 42.7 Å². The predicted molar refractivity (Wildman–Crippen MR) is 86.6 cm³/mol. The molecule has 9 nitrogen and oxygen atoms in total. The van der Waals surface area contributed by atoms with Crippen LogP contribution in [0.25, 0.3) is 0 Å². The number of hydrogen-bond donors (Lipinski definition) is 2. The lowest BCUT2D eigenvalue weighted by Gasteiger charge is -2.04. The molecule has 3 heterocycles. The van der Waals surface area contributed by atoms with E-state index in [1.807, 2.05) is 0 Å². The molecule has 0 aliphatic rings. The Morgan fingerprint density at radius 3 is 1.67 bits per heavy atom. The third-order valence-corrected chi connectivity index (χ3v) is 3.12. The van der Waals surface area contributed by atoms with Crippen LogP contribution in [0.1, 0.15) is 21.0 Å². The second-order valence-electron chi connectivity index (χ2n) is 5.07. The van der Waals surface area contributed by atoms with Gasteiger partial charge in [0.1, 0.15) is 11.4 Å². The number of aryl methyl sites for hydroxylation is 2. The molecule has 9 heteroatoms. The SMILES string of the molecule is Cn1ccc(NC(=O)c2cccc(C(=O)Nc3ccn(C)n3)n2)n1. The van der Waals surface area contributed by atoms with Gasteiger partial charge in [0.15, 0.2) is 11.6 Å². The first-order valence-electron chi connectivity index (χ1n) is 7.10. The van der Waals surface area contributed by atoms with Crippen molar-refractivity contribution in [1.29, 1.82) is 0 Å². The fourth-order valence-corrected chi connectivity index (χ4v) is 2.01. The Bertz CT molecular complexity index is 827. The Morgan fingerprint density at radius 2 is 1.29 bits per heavy atom.